The van der Waals surface area contributed by atoms with Crippen molar-refractivity contribution in [1.29, 1.82) is 0 Å². The summed E-state index contributed by atoms with van der Waals surface area (Å²) in [7, 11) is 2.66. The minimum Gasteiger partial charge on any atom is -0.481 e. The van der Waals surface area contributed by atoms with E-state index in [2.05, 4.69) is 9.97 Å². The monoisotopic (exact) mass is 265 g/mol. The molecule has 19 heavy (non-hydrogen) atoms. The molecular weight excluding hydrogens is 254 g/mol. The number of carboxylic acids is 1. The Balaban J connectivity index is 2.91. The van der Waals surface area contributed by atoms with E-state index < -0.39 is 17.2 Å². The minimum absolute atomic E-state index is 0.0173. The lowest BCUT2D eigenvalue weighted by Gasteiger charge is -2.07. The van der Waals surface area contributed by atoms with Crippen LogP contribution in [0.5, 0.6) is 5.88 Å². The predicted octanol–water partition coefficient (Wildman–Crippen LogP) is -0.743. The van der Waals surface area contributed by atoms with Crippen molar-refractivity contribution in [1.82, 2.24) is 14.5 Å². The first kappa shape index (κ1) is 12.8. The largest absolute Gasteiger partial charge is 0.481 e. The van der Waals surface area contributed by atoms with Gasteiger partial charge in [-0.05, 0) is 5.56 Å². The number of hydrogen-bond acceptors (Lipinski definition) is 5. The Morgan fingerprint density at radius 1 is 1.53 bits per heavy atom. The molecule has 2 heterocycles. The lowest BCUT2D eigenvalue weighted by atomic mass is 10.1. The molecule has 2 aromatic rings. The molecule has 8 nitrogen and oxygen atoms in total. The van der Waals surface area contributed by atoms with E-state index in [1.54, 1.807) is 0 Å². The first-order valence-corrected chi connectivity index (χ1v) is 5.32. The fourth-order valence-electron chi connectivity index (χ4n) is 1.75. The Kier molecular flexibility index (Phi) is 3.07. The van der Waals surface area contributed by atoms with Crippen LogP contribution >= 0.6 is 0 Å². The molecule has 0 radical (unpaired) electrons. The number of rotatable bonds is 3. The Hall–Kier alpha value is -2.64. The fourth-order valence-corrected chi connectivity index (χ4v) is 1.75. The van der Waals surface area contributed by atoms with Crippen molar-refractivity contribution in [2.45, 2.75) is 6.42 Å². The average molecular weight is 265 g/mol. The van der Waals surface area contributed by atoms with Crippen molar-refractivity contribution < 1.29 is 14.6 Å². The van der Waals surface area contributed by atoms with Gasteiger partial charge in [-0.25, -0.2) is 4.79 Å². The van der Waals surface area contributed by atoms with Gasteiger partial charge in [0.2, 0.25) is 5.88 Å². The lowest BCUT2D eigenvalue weighted by molar-refractivity contribution is -0.136. The standard InChI is InChI=1S/C11H11N3O5/c1-14-10(17)8-5(4-7(15)16)3-6(19-2)12-9(8)13-11(14)18/h3H,4H2,1-2H3,(H,15,16)(H,12,13,18). The maximum atomic E-state index is 12.0. The highest BCUT2D eigenvalue weighted by Gasteiger charge is 2.15. The summed E-state index contributed by atoms with van der Waals surface area (Å²) in [6.45, 7) is 0. The van der Waals surface area contributed by atoms with Gasteiger partial charge in [0.1, 0.15) is 0 Å². The topological polar surface area (TPSA) is 114 Å². The van der Waals surface area contributed by atoms with Crippen LogP contribution < -0.4 is 16.0 Å². The van der Waals surface area contributed by atoms with Crippen LogP contribution in [-0.2, 0) is 18.3 Å². The van der Waals surface area contributed by atoms with Gasteiger partial charge in [-0.1, -0.05) is 0 Å². The number of pyridine rings is 1. The van der Waals surface area contributed by atoms with E-state index in [1.165, 1.54) is 20.2 Å². The fraction of sp³-hybridized carbons (Fsp3) is 0.273. The number of methoxy groups -OCH3 is 1. The molecule has 0 aromatic carbocycles. The van der Waals surface area contributed by atoms with E-state index in [-0.39, 0.29) is 28.9 Å². The van der Waals surface area contributed by atoms with Gasteiger partial charge in [0.15, 0.2) is 5.65 Å². The quantitative estimate of drug-likeness (QED) is 0.755. The molecule has 0 unspecified atom stereocenters. The molecule has 0 saturated heterocycles. The Labute approximate surface area is 106 Å². The number of carboxylic acid groups (broad SMARTS) is 1. The zero-order valence-corrected chi connectivity index (χ0v) is 10.3. The summed E-state index contributed by atoms with van der Waals surface area (Å²) in [5.41, 5.74) is -0.959. The van der Waals surface area contributed by atoms with Crippen molar-refractivity contribution in [3.8, 4) is 5.88 Å². The number of aromatic amines is 1. The van der Waals surface area contributed by atoms with Crippen molar-refractivity contribution >= 4 is 17.0 Å². The highest BCUT2D eigenvalue weighted by Crippen LogP contribution is 2.17. The molecule has 0 fully saturated rings. The maximum absolute atomic E-state index is 12.0. The second-order valence-electron chi connectivity index (χ2n) is 3.91. The summed E-state index contributed by atoms with van der Waals surface area (Å²) >= 11 is 0. The van der Waals surface area contributed by atoms with Crippen LogP contribution in [0.15, 0.2) is 15.7 Å². The first-order chi connectivity index (χ1) is 8.93. The number of hydrogen-bond donors (Lipinski definition) is 2. The SMILES string of the molecule is COc1cc(CC(=O)O)c2c(=O)n(C)c(=O)[nH]c2n1. The molecule has 0 spiro atoms. The molecule has 0 aliphatic heterocycles. The third-order valence-electron chi connectivity index (χ3n) is 2.68. The van der Waals surface area contributed by atoms with E-state index in [4.69, 9.17) is 9.84 Å². The van der Waals surface area contributed by atoms with Gasteiger partial charge < -0.3 is 9.84 Å². The number of nitrogens with zero attached hydrogens (tertiary/aromatic N) is 2. The Bertz CT molecular complexity index is 774. The molecule has 0 aliphatic carbocycles. The van der Waals surface area contributed by atoms with Crippen LogP contribution in [0.3, 0.4) is 0 Å². The molecule has 0 aliphatic rings. The smallest absolute Gasteiger partial charge is 0.329 e. The number of fused-ring (bicyclic) bond motifs is 1. The van der Waals surface area contributed by atoms with Gasteiger partial charge in [0.25, 0.3) is 5.56 Å². The van der Waals surface area contributed by atoms with E-state index in [9.17, 15) is 14.4 Å². The number of aliphatic carboxylic acids is 1. The number of carbonyl (C=O) groups is 1. The summed E-state index contributed by atoms with van der Waals surface area (Å²) < 4.78 is 5.78. The minimum atomic E-state index is -1.09. The third kappa shape index (κ3) is 2.19. The second-order valence-corrected chi connectivity index (χ2v) is 3.91. The van der Waals surface area contributed by atoms with E-state index in [0.29, 0.717) is 0 Å². The highest BCUT2D eigenvalue weighted by molar-refractivity contribution is 5.83. The Morgan fingerprint density at radius 2 is 2.21 bits per heavy atom. The average Bonchev–Trinajstić information content (AvgIpc) is 2.34. The summed E-state index contributed by atoms with van der Waals surface area (Å²) in [5.74, 6) is -0.963. The predicted molar refractivity (Wildman–Crippen MR) is 65.5 cm³/mol. The third-order valence-corrected chi connectivity index (χ3v) is 2.68. The summed E-state index contributed by atoms with van der Waals surface area (Å²) in [4.78, 5) is 40.7. The molecule has 0 amide bonds. The molecule has 2 aromatic heterocycles. The second kappa shape index (κ2) is 4.56. The highest BCUT2D eigenvalue weighted by atomic mass is 16.5. The number of H-pyrrole nitrogens is 1. The summed E-state index contributed by atoms with van der Waals surface area (Å²) in [5, 5.41) is 8.94. The Morgan fingerprint density at radius 3 is 2.79 bits per heavy atom. The molecule has 0 saturated carbocycles. The van der Waals surface area contributed by atoms with Gasteiger partial charge >= 0.3 is 11.7 Å². The van der Waals surface area contributed by atoms with Gasteiger partial charge in [0, 0.05) is 13.1 Å². The van der Waals surface area contributed by atoms with Crippen LogP contribution in [-0.4, -0.2) is 32.7 Å². The van der Waals surface area contributed by atoms with Crippen molar-refractivity contribution in [3.63, 3.8) is 0 Å². The molecule has 0 bridgehead atoms. The molecule has 2 N–H and O–H groups in total. The van der Waals surface area contributed by atoms with Crippen molar-refractivity contribution in [3.05, 3.63) is 32.5 Å². The molecule has 8 heteroatoms. The van der Waals surface area contributed by atoms with Gasteiger partial charge in [-0.2, -0.15) is 4.98 Å². The van der Waals surface area contributed by atoms with Gasteiger partial charge in [-0.15, -0.1) is 0 Å². The van der Waals surface area contributed by atoms with Gasteiger partial charge in [-0.3, -0.25) is 19.1 Å². The van der Waals surface area contributed by atoms with Crippen molar-refractivity contribution in [2.24, 2.45) is 7.05 Å². The van der Waals surface area contributed by atoms with E-state index in [0.717, 1.165) is 4.57 Å². The number of ether oxygens (including phenoxy) is 1. The van der Waals surface area contributed by atoms with E-state index in [1.807, 2.05) is 0 Å². The molecule has 2 rings (SSSR count). The van der Waals surface area contributed by atoms with Crippen LogP contribution in [0.25, 0.3) is 11.0 Å². The van der Waals surface area contributed by atoms with Crippen LogP contribution in [0.2, 0.25) is 0 Å². The van der Waals surface area contributed by atoms with Crippen molar-refractivity contribution in [2.75, 3.05) is 7.11 Å². The molecule has 100 valence electrons. The normalized spacial score (nSPS) is 10.6. The van der Waals surface area contributed by atoms with Crippen LogP contribution in [0.4, 0.5) is 0 Å². The summed E-state index contributed by atoms with van der Waals surface area (Å²) in [6.07, 6.45) is -0.364. The molecule has 0 atom stereocenters. The van der Waals surface area contributed by atoms with Crippen LogP contribution in [0, 0.1) is 0 Å². The van der Waals surface area contributed by atoms with E-state index >= 15 is 0 Å². The zero-order chi connectivity index (χ0) is 14.2. The molecular formula is C11H11N3O5. The zero-order valence-electron chi connectivity index (χ0n) is 10.3. The first-order valence-electron chi connectivity index (χ1n) is 5.32. The van der Waals surface area contributed by atoms with Crippen LogP contribution in [0.1, 0.15) is 5.56 Å². The summed E-state index contributed by atoms with van der Waals surface area (Å²) in [6, 6.07) is 1.37. The number of aromatic nitrogens is 3. The number of nitrogens with one attached hydrogen (secondary N) is 1. The lowest BCUT2D eigenvalue weighted by Crippen LogP contribution is -2.33. The van der Waals surface area contributed by atoms with Gasteiger partial charge in [0.05, 0.1) is 18.9 Å². The maximum Gasteiger partial charge on any atom is 0.329 e.